The maximum Gasteiger partial charge on any atom is 0.262 e. The zero-order valence-electron chi connectivity index (χ0n) is 12.5. The van der Waals surface area contributed by atoms with Crippen LogP contribution < -0.4 is 5.73 Å². The molecule has 1 aliphatic carbocycles. The molecule has 1 aliphatic heterocycles. The summed E-state index contributed by atoms with van der Waals surface area (Å²) >= 11 is 11.8. The summed E-state index contributed by atoms with van der Waals surface area (Å²) in [5.41, 5.74) is 7.69. The number of allylic oxidation sites excluding steroid dienone is 3. The predicted octanol–water partition coefficient (Wildman–Crippen LogP) is 4.05. The lowest BCUT2D eigenvalue weighted by atomic mass is 10.0. The van der Waals surface area contributed by atoms with Gasteiger partial charge in [0, 0.05) is 23.0 Å². The van der Waals surface area contributed by atoms with Crippen LogP contribution in [-0.2, 0) is 4.74 Å². The summed E-state index contributed by atoms with van der Waals surface area (Å²) in [4.78, 5) is 14.0. The van der Waals surface area contributed by atoms with Crippen molar-refractivity contribution in [3.63, 3.8) is 0 Å². The van der Waals surface area contributed by atoms with Gasteiger partial charge in [-0.05, 0) is 31.1 Å². The van der Waals surface area contributed by atoms with Crippen molar-refractivity contribution in [2.75, 3.05) is 0 Å². The van der Waals surface area contributed by atoms with Crippen LogP contribution in [-0.4, -0.2) is 15.9 Å². The van der Waals surface area contributed by atoms with Gasteiger partial charge >= 0.3 is 0 Å². The smallest absolute Gasteiger partial charge is 0.262 e. The normalized spacial score (nSPS) is 16.9. The van der Waals surface area contributed by atoms with Gasteiger partial charge in [-0.1, -0.05) is 29.3 Å². The Kier molecular flexibility index (Phi) is 4.55. The third-order valence-corrected chi connectivity index (χ3v) is 4.25. The fraction of sp³-hybridized carbons (Fsp3) is 0.118. The van der Waals surface area contributed by atoms with Gasteiger partial charge in [-0.25, -0.2) is 0 Å². The minimum absolute atomic E-state index is 0.0108. The quantitative estimate of drug-likeness (QED) is 0.829. The van der Waals surface area contributed by atoms with Crippen LogP contribution in [0.3, 0.4) is 0 Å². The van der Waals surface area contributed by atoms with Crippen molar-refractivity contribution >= 4 is 29.1 Å². The van der Waals surface area contributed by atoms with E-state index in [1.807, 2.05) is 12.2 Å². The molecule has 2 aliphatic rings. The highest BCUT2D eigenvalue weighted by molar-refractivity contribution is 6.37. The molecular formula is C17H14Cl2N2O3. The second-order valence-electron chi connectivity index (χ2n) is 5.27. The van der Waals surface area contributed by atoms with Crippen LogP contribution in [0.25, 0.3) is 0 Å². The molecule has 0 atom stereocenters. The number of carbonyl (C=O) groups excluding carboxylic acids is 1. The minimum atomic E-state index is -0.360. The molecule has 0 saturated heterocycles. The van der Waals surface area contributed by atoms with Gasteiger partial charge < -0.3 is 15.6 Å². The molecule has 124 valence electrons. The third-order valence-electron chi connectivity index (χ3n) is 3.68. The molecule has 5 nitrogen and oxygen atoms in total. The molecule has 1 heterocycles. The third kappa shape index (κ3) is 3.13. The number of hydrogen-bond donors (Lipinski definition) is 2. The lowest BCUT2D eigenvalue weighted by Gasteiger charge is -2.23. The van der Waals surface area contributed by atoms with Gasteiger partial charge in [0.2, 0.25) is 0 Å². The first-order valence-corrected chi connectivity index (χ1v) is 7.94. The Labute approximate surface area is 148 Å². The standard InChI is InChI=1S/C17H14Cl2N2O3/c18-12-7-10(8-13(19)16(12)22)17(23)21-5-6-24-15(9-21)11-3-1-2-4-14(11)20/h2,4-9,22H,1,3,20H2. The summed E-state index contributed by atoms with van der Waals surface area (Å²) in [6.45, 7) is 0. The number of halogens is 2. The van der Waals surface area contributed by atoms with Crippen LogP contribution in [0.5, 0.6) is 5.75 Å². The number of amides is 1. The number of carbonyl (C=O) groups is 1. The van der Waals surface area contributed by atoms with Gasteiger partial charge in [-0.3, -0.25) is 9.69 Å². The SMILES string of the molecule is NC1=C(C2=CN(C(=O)c3cc(Cl)c(O)c(Cl)c3)C=CO2)CCC=C1. The molecule has 0 radical (unpaired) electrons. The van der Waals surface area contributed by atoms with E-state index in [1.54, 1.807) is 6.20 Å². The highest BCUT2D eigenvalue weighted by Crippen LogP contribution is 2.33. The van der Waals surface area contributed by atoms with E-state index in [2.05, 4.69) is 0 Å². The van der Waals surface area contributed by atoms with Crippen LogP contribution in [0, 0.1) is 0 Å². The van der Waals surface area contributed by atoms with E-state index in [4.69, 9.17) is 33.7 Å². The number of benzene rings is 1. The Morgan fingerprint density at radius 1 is 1.29 bits per heavy atom. The van der Waals surface area contributed by atoms with Crippen LogP contribution in [0.15, 0.2) is 60.0 Å². The van der Waals surface area contributed by atoms with Crippen molar-refractivity contribution in [3.05, 3.63) is 75.6 Å². The maximum absolute atomic E-state index is 12.6. The Hall–Kier alpha value is -2.37. The van der Waals surface area contributed by atoms with Crippen molar-refractivity contribution in [3.8, 4) is 5.75 Å². The van der Waals surface area contributed by atoms with E-state index in [-0.39, 0.29) is 27.3 Å². The lowest BCUT2D eigenvalue weighted by Crippen LogP contribution is -2.23. The number of nitrogens with two attached hydrogens (primary N) is 1. The molecular weight excluding hydrogens is 351 g/mol. The summed E-state index contributed by atoms with van der Waals surface area (Å²) in [6.07, 6.45) is 9.87. The number of ether oxygens (including phenoxy) is 1. The molecule has 0 fully saturated rings. The van der Waals surface area contributed by atoms with Crippen molar-refractivity contribution in [2.45, 2.75) is 12.8 Å². The second-order valence-corrected chi connectivity index (χ2v) is 6.09. The summed E-state index contributed by atoms with van der Waals surface area (Å²) in [7, 11) is 0. The van der Waals surface area contributed by atoms with E-state index in [0.717, 1.165) is 18.4 Å². The highest BCUT2D eigenvalue weighted by atomic mass is 35.5. The van der Waals surface area contributed by atoms with Gasteiger partial charge in [0.05, 0.1) is 16.2 Å². The highest BCUT2D eigenvalue weighted by Gasteiger charge is 2.21. The largest absolute Gasteiger partial charge is 0.505 e. The molecule has 0 unspecified atom stereocenters. The minimum Gasteiger partial charge on any atom is -0.505 e. The Morgan fingerprint density at radius 2 is 2.00 bits per heavy atom. The monoisotopic (exact) mass is 364 g/mol. The van der Waals surface area contributed by atoms with Crippen molar-refractivity contribution in [1.29, 1.82) is 0 Å². The predicted molar refractivity (Wildman–Crippen MR) is 92.2 cm³/mol. The fourth-order valence-corrected chi connectivity index (χ4v) is 2.92. The molecule has 7 heteroatoms. The molecule has 0 saturated carbocycles. The number of hydrogen-bond acceptors (Lipinski definition) is 4. The van der Waals surface area contributed by atoms with Crippen molar-refractivity contribution < 1.29 is 14.6 Å². The molecule has 1 aromatic carbocycles. The van der Waals surface area contributed by atoms with Crippen LogP contribution >= 0.6 is 23.2 Å². The summed E-state index contributed by atoms with van der Waals surface area (Å²) < 4.78 is 5.49. The molecule has 0 aromatic heterocycles. The first-order valence-electron chi connectivity index (χ1n) is 7.18. The number of nitrogens with zero attached hydrogens (tertiary/aromatic N) is 1. The molecule has 3 N–H and O–H groups in total. The maximum atomic E-state index is 12.6. The average Bonchev–Trinajstić information content (AvgIpc) is 2.59. The number of phenolic OH excluding ortho intramolecular Hbond substituents is 1. The van der Waals surface area contributed by atoms with Crippen LogP contribution in [0.1, 0.15) is 23.2 Å². The molecule has 3 rings (SSSR count). The fourth-order valence-electron chi connectivity index (χ4n) is 2.43. The lowest BCUT2D eigenvalue weighted by molar-refractivity contribution is 0.0855. The Bertz CT molecular complexity index is 802. The van der Waals surface area contributed by atoms with E-state index in [9.17, 15) is 9.90 Å². The molecule has 24 heavy (non-hydrogen) atoms. The summed E-state index contributed by atoms with van der Waals surface area (Å²) in [5.74, 6) is -0.0967. The second kappa shape index (κ2) is 6.63. The van der Waals surface area contributed by atoms with Crippen molar-refractivity contribution in [2.24, 2.45) is 5.73 Å². The zero-order valence-corrected chi connectivity index (χ0v) is 14.0. The Morgan fingerprint density at radius 3 is 2.67 bits per heavy atom. The molecule has 1 amide bonds. The first kappa shape index (κ1) is 16.5. The number of phenols is 1. The van der Waals surface area contributed by atoms with Crippen molar-refractivity contribution in [1.82, 2.24) is 4.90 Å². The van der Waals surface area contributed by atoms with Gasteiger partial charge in [0.15, 0.2) is 5.75 Å². The molecule has 0 spiro atoms. The number of rotatable bonds is 2. The molecule has 0 bridgehead atoms. The zero-order chi connectivity index (χ0) is 17.3. The van der Waals surface area contributed by atoms with Gasteiger partial charge in [0.1, 0.15) is 12.0 Å². The number of aromatic hydroxyl groups is 1. The average molecular weight is 365 g/mol. The molecule has 1 aromatic rings. The van der Waals surface area contributed by atoms with Crippen LogP contribution in [0.4, 0.5) is 0 Å². The summed E-state index contributed by atoms with van der Waals surface area (Å²) in [6, 6.07) is 2.72. The Balaban J connectivity index is 1.92. The first-order chi connectivity index (χ1) is 11.5. The van der Waals surface area contributed by atoms with Gasteiger partial charge in [-0.2, -0.15) is 0 Å². The topological polar surface area (TPSA) is 75.8 Å². The van der Waals surface area contributed by atoms with E-state index in [0.29, 0.717) is 11.5 Å². The van der Waals surface area contributed by atoms with E-state index < -0.39 is 0 Å². The van der Waals surface area contributed by atoms with E-state index >= 15 is 0 Å². The van der Waals surface area contributed by atoms with Gasteiger partial charge in [0.25, 0.3) is 5.91 Å². The van der Waals surface area contributed by atoms with Gasteiger partial charge in [-0.15, -0.1) is 0 Å². The van der Waals surface area contributed by atoms with Crippen LogP contribution in [0.2, 0.25) is 10.0 Å². The van der Waals surface area contributed by atoms with E-state index in [1.165, 1.54) is 29.5 Å². The summed E-state index contributed by atoms with van der Waals surface area (Å²) in [5, 5.41) is 9.62.